The van der Waals surface area contributed by atoms with Crippen molar-refractivity contribution in [2.24, 2.45) is 0 Å². The first kappa shape index (κ1) is 15.3. The number of anilines is 1. The summed E-state index contributed by atoms with van der Waals surface area (Å²) in [5, 5.41) is 2.84. The minimum Gasteiger partial charge on any atom is -0.494 e. The molecule has 0 aliphatic heterocycles. The molecule has 0 unspecified atom stereocenters. The van der Waals surface area contributed by atoms with Crippen LogP contribution in [0.15, 0.2) is 59.2 Å². The highest BCUT2D eigenvalue weighted by molar-refractivity contribution is 9.10. The molecule has 108 valence electrons. The lowest BCUT2D eigenvalue weighted by Crippen LogP contribution is -1.96. The van der Waals surface area contributed by atoms with Crippen molar-refractivity contribution in [1.82, 2.24) is 0 Å². The second kappa shape index (κ2) is 7.04. The predicted octanol–water partition coefficient (Wildman–Crippen LogP) is 4.41. The van der Waals surface area contributed by atoms with Gasteiger partial charge in [-0.1, -0.05) is 15.9 Å². The van der Waals surface area contributed by atoms with Gasteiger partial charge >= 0.3 is 0 Å². The first-order valence-electron chi connectivity index (χ1n) is 6.16. The van der Waals surface area contributed by atoms with Gasteiger partial charge in [0.25, 0.3) is 0 Å². The molecule has 0 radical (unpaired) electrons. The van der Waals surface area contributed by atoms with Crippen LogP contribution < -0.4 is 10.1 Å². The summed E-state index contributed by atoms with van der Waals surface area (Å²) in [6.07, 6.45) is 2.87. The van der Waals surface area contributed by atoms with Crippen LogP contribution in [-0.2, 0) is 0 Å². The third kappa shape index (κ3) is 4.16. The van der Waals surface area contributed by atoms with E-state index >= 15 is 0 Å². The number of ether oxygens (including phenoxy) is 1. The zero-order valence-corrected chi connectivity index (χ0v) is 12.9. The van der Waals surface area contributed by atoms with Crippen molar-refractivity contribution < 1.29 is 13.9 Å². The van der Waals surface area contributed by atoms with E-state index in [4.69, 9.17) is 4.74 Å². The number of rotatable bonds is 5. The lowest BCUT2D eigenvalue weighted by Gasteiger charge is -2.04. The minimum absolute atomic E-state index is 0.135. The molecule has 0 amide bonds. The molecule has 0 aliphatic carbocycles. The third-order valence-corrected chi connectivity index (χ3v) is 3.29. The number of carbonyl (C=O) groups excluding carboxylic acids is 1. The molecule has 1 N–H and O–H groups in total. The van der Waals surface area contributed by atoms with Gasteiger partial charge in [-0.05, 0) is 36.4 Å². The van der Waals surface area contributed by atoms with Crippen LogP contribution in [0.4, 0.5) is 10.1 Å². The number of hydrogen-bond acceptors (Lipinski definition) is 3. The number of methoxy groups -OCH3 is 1. The number of hydrogen-bond donors (Lipinski definition) is 1. The Bertz CT molecular complexity index is 668. The van der Waals surface area contributed by atoms with E-state index in [1.165, 1.54) is 31.5 Å². The van der Waals surface area contributed by atoms with Crippen molar-refractivity contribution in [3.8, 4) is 5.75 Å². The first-order valence-corrected chi connectivity index (χ1v) is 6.96. The van der Waals surface area contributed by atoms with E-state index in [-0.39, 0.29) is 11.5 Å². The molecular weight excluding hydrogens is 337 g/mol. The molecule has 0 saturated carbocycles. The van der Waals surface area contributed by atoms with Gasteiger partial charge in [0.1, 0.15) is 0 Å². The molecule has 21 heavy (non-hydrogen) atoms. The highest BCUT2D eigenvalue weighted by Crippen LogP contribution is 2.20. The largest absolute Gasteiger partial charge is 0.494 e. The zero-order chi connectivity index (χ0) is 15.2. The Morgan fingerprint density at radius 1 is 1.24 bits per heavy atom. The third-order valence-electron chi connectivity index (χ3n) is 2.77. The van der Waals surface area contributed by atoms with Crippen LogP contribution in [0.1, 0.15) is 10.4 Å². The number of nitrogens with one attached hydrogen (secondary N) is 1. The molecule has 0 aliphatic rings. The van der Waals surface area contributed by atoms with Crippen LogP contribution in [0.25, 0.3) is 0 Å². The molecule has 0 atom stereocenters. The first-order chi connectivity index (χ1) is 10.1. The summed E-state index contributed by atoms with van der Waals surface area (Å²) in [5.74, 6) is -0.422. The van der Waals surface area contributed by atoms with Gasteiger partial charge in [0, 0.05) is 34.1 Å². The smallest absolute Gasteiger partial charge is 0.187 e. The standard InChI is InChI=1S/C16H13BrFNO2/c1-21-16-7-6-13(10-14(16)18)19-9-8-15(20)11-2-4-12(17)5-3-11/h2-10,19H,1H3. The summed E-state index contributed by atoms with van der Waals surface area (Å²) < 4.78 is 19.2. The predicted molar refractivity (Wildman–Crippen MR) is 84.2 cm³/mol. The molecule has 2 aromatic carbocycles. The topological polar surface area (TPSA) is 38.3 Å². The average molecular weight is 350 g/mol. The molecule has 0 saturated heterocycles. The summed E-state index contributed by atoms with van der Waals surface area (Å²) in [4.78, 5) is 11.9. The Morgan fingerprint density at radius 3 is 2.57 bits per heavy atom. The van der Waals surface area contributed by atoms with Crippen molar-refractivity contribution in [3.63, 3.8) is 0 Å². The highest BCUT2D eigenvalue weighted by Gasteiger charge is 2.03. The Balaban J connectivity index is 2.00. The minimum atomic E-state index is -0.463. The van der Waals surface area contributed by atoms with Gasteiger partial charge in [-0.2, -0.15) is 0 Å². The second-order valence-electron chi connectivity index (χ2n) is 4.20. The highest BCUT2D eigenvalue weighted by atomic mass is 79.9. The zero-order valence-electron chi connectivity index (χ0n) is 11.3. The molecule has 2 rings (SSSR count). The fourth-order valence-electron chi connectivity index (χ4n) is 1.68. The van der Waals surface area contributed by atoms with Crippen LogP contribution in [0.5, 0.6) is 5.75 Å². The number of carbonyl (C=O) groups is 1. The number of halogens is 2. The fraction of sp³-hybridized carbons (Fsp3) is 0.0625. The lowest BCUT2D eigenvalue weighted by molar-refractivity contribution is 0.104. The van der Waals surface area contributed by atoms with E-state index in [1.807, 2.05) is 0 Å². The van der Waals surface area contributed by atoms with Crippen molar-refractivity contribution in [3.05, 3.63) is 70.6 Å². The molecule has 0 spiro atoms. The maximum absolute atomic E-state index is 13.5. The summed E-state index contributed by atoms with van der Waals surface area (Å²) in [6, 6.07) is 11.5. The van der Waals surface area contributed by atoms with Crippen LogP contribution in [0.3, 0.4) is 0 Å². The SMILES string of the molecule is COc1ccc(NC=CC(=O)c2ccc(Br)cc2)cc1F. The van der Waals surface area contributed by atoms with Crippen LogP contribution in [0, 0.1) is 5.82 Å². The summed E-state index contributed by atoms with van der Waals surface area (Å²) in [6.45, 7) is 0. The number of benzene rings is 2. The summed E-state index contributed by atoms with van der Waals surface area (Å²) in [7, 11) is 1.41. The van der Waals surface area contributed by atoms with Gasteiger partial charge in [-0.25, -0.2) is 4.39 Å². The van der Waals surface area contributed by atoms with Gasteiger partial charge in [0.05, 0.1) is 7.11 Å². The van der Waals surface area contributed by atoms with E-state index in [0.29, 0.717) is 11.3 Å². The molecule has 0 aromatic heterocycles. The molecule has 2 aromatic rings. The maximum Gasteiger partial charge on any atom is 0.187 e. The molecule has 0 heterocycles. The van der Waals surface area contributed by atoms with E-state index in [1.54, 1.807) is 30.3 Å². The Morgan fingerprint density at radius 2 is 1.95 bits per heavy atom. The fourth-order valence-corrected chi connectivity index (χ4v) is 1.94. The van der Waals surface area contributed by atoms with Gasteiger partial charge in [-0.3, -0.25) is 4.79 Å². The second-order valence-corrected chi connectivity index (χ2v) is 5.11. The van der Waals surface area contributed by atoms with Crippen molar-refractivity contribution in [1.29, 1.82) is 0 Å². The van der Waals surface area contributed by atoms with Crippen LogP contribution in [-0.4, -0.2) is 12.9 Å². The maximum atomic E-state index is 13.5. The van der Waals surface area contributed by atoms with Crippen molar-refractivity contribution in [2.45, 2.75) is 0 Å². The van der Waals surface area contributed by atoms with E-state index in [9.17, 15) is 9.18 Å². The molecular formula is C16H13BrFNO2. The van der Waals surface area contributed by atoms with Gasteiger partial charge < -0.3 is 10.1 Å². The van der Waals surface area contributed by atoms with Gasteiger partial charge in [0.2, 0.25) is 0 Å². The van der Waals surface area contributed by atoms with E-state index < -0.39 is 5.82 Å². The lowest BCUT2D eigenvalue weighted by atomic mass is 10.1. The molecule has 3 nitrogen and oxygen atoms in total. The quantitative estimate of drug-likeness (QED) is 0.641. The van der Waals surface area contributed by atoms with Crippen LogP contribution >= 0.6 is 15.9 Å². The van der Waals surface area contributed by atoms with E-state index in [2.05, 4.69) is 21.2 Å². The average Bonchev–Trinajstić information content (AvgIpc) is 2.48. The Hall–Kier alpha value is -2.14. The van der Waals surface area contributed by atoms with Crippen LogP contribution in [0.2, 0.25) is 0 Å². The monoisotopic (exact) mass is 349 g/mol. The van der Waals surface area contributed by atoms with Gasteiger partial charge in [-0.15, -0.1) is 0 Å². The van der Waals surface area contributed by atoms with Gasteiger partial charge in [0.15, 0.2) is 17.3 Å². The van der Waals surface area contributed by atoms with E-state index in [0.717, 1.165) is 4.47 Å². The summed E-state index contributed by atoms with van der Waals surface area (Å²) >= 11 is 3.31. The molecule has 0 fully saturated rings. The Kier molecular flexibility index (Phi) is 5.11. The van der Waals surface area contributed by atoms with Crippen molar-refractivity contribution in [2.75, 3.05) is 12.4 Å². The number of ketones is 1. The molecule has 0 bridgehead atoms. The Labute approximate surface area is 130 Å². The number of allylic oxidation sites excluding steroid dienone is 1. The van der Waals surface area contributed by atoms with Crippen molar-refractivity contribution >= 4 is 27.4 Å². The normalized spacial score (nSPS) is 10.6. The summed E-state index contributed by atoms with van der Waals surface area (Å²) in [5.41, 5.74) is 1.12. The molecule has 5 heteroatoms.